The number of thioether (sulfide) groups is 1. The number of amides is 1. The van der Waals surface area contributed by atoms with Gasteiger partial charge in [-0.2, -0.15) is 0 Å². The highest BCUT2D eigenvalue weighted by molar-refractivity contribution is 8.04. The van der Waals surface area contributed by atoms with E-state index in [0.717, 1.165) is 11.3 Å². The molecule has 0 spiro atoms. The number of nitrogens with zero attached hydrogens (tertiary/aromatic N) is 1. The van der Waals surface area contributed by atoms with E-state index in [2.05, 4.69) is 0 Å². The summed E-state index contributed by atoms with van der Waals surface area (Å²) in [5.41, 5.74) is 7.34. The van der Waals surface area contributed by atoms with Crippen LogP contribution in [-0.4, -0.2) is 47.7 Å². The van der Waals surface area contributed by atoms with Crippen LogP contribution in [0.2, 0.25) is 0 Å². The summed E-state index contributed by atoms with van der Waals surface area (Å²) in [4.78, 5) is 26.2. The molecule has 1 amide bonds. The number of methoxy groups -OCH3 is 1. The molecule has 2 aliphatic rings. The van der Waals surface area contributed by atoms with Crippen molar-refractivity contribution in [2.24, 2.45) is 5.73 Å². The Bertz CT molecular complexity index is 696. The summed E-state index contributed by atoms with van der Waals surface area (Å²) in [6, 6.07) is 6.70. The van der Waals surface area contributed by atoms with Gasteiger partial charge >= 0.3 is 5.97 Å². The van der Waals surface area contributed by atoms with E-state index in [-0.39, 0.29) is 36.2 Å². The van der Waals surface area contributed by atoms with Crippen molar-refractivity contribution in [3.8, 4) is 5.75 Å². The summed E-state index contributed by atoms with van der Waals surface area (Å²) in [6.45, 7) is 0.489. The molecular formula is C16H18Cl2N2O4S. The molecule has 2 heterocycles. The standard InChI is InChI=1S/C16H17ClN2O4S.ClH/c1-22-11-4-2-9(3-5-11)8-23-16(21)13-10(6-17)7-19-14(20)12(18)15(19)24-13;/h2-5,12,15H,6-8,18H2,1H3;1H/t12?,15-;/m0./s1. The number of β-lactam (4-membered cyclic amide) rings is 1. The number of fused-ring (bicyclic) bond motifs is 1. The fourth-order valence-electron chi connectivity index (χ4n) is 2.57. The number of carbonyl (C=O) groups is 2. The summed E-state index contributed by atoms with van der Waals surface area (Å²) in [5, 5.41) is -0.215. The number of hydrogen-bond acceptors (Lipinski definition) is 6. The molecule has 1 aromatic carbocycles. The second kappa shape index (κ2) is 8.31. The van der Waals surface area contributed by atoms with Crippen molar-refractivity contribution in [1.82, 2.24) is 4.90 Å². The molecule has 1 saturated heterocycles. The van der Waals surface area contributed by atoms with Crippen LogP contribution in [0.25, 0.3) is 0 Å². The molecule has 0 bridgehead atoms. The van der Waals surface area contributed by atoms with Gasteiger partial charge in [-0.25, -0.2) is 4.79 Å². The van der Waals surface area contributed by atoms with Crippen LogP contribution in [0, 0.1) is 0 Å². The van der Waals surface area contributed by atoms with E-state index in [9.17, 15) is 9.59 Å². The van der Waals surface area contributed by atoms with E-state index >= 15 is 0 Å². The first kappa shape index (κ1) is 19.9. The first-order valence-electron chi connectivity index (χ1n) is 7.36. The lowest BCUT2D eigenvalue weighted by Crippen LogP contribution is -2.68. The molecule has 3 rings (SSSR count). The number of nitrogens with two attached hydrogens (primary N) is 1. The average Bonchev–Trinajstić information content (AvgIpc) is 2.64. The van der Waals surface area contributed by atoms with Crippen molar-refractivity contribution in [2.75, 3.05) is 19.5 Å². The monoisotopic (exact) mass is 404 g/mol. The molecule has 0 saturated carbocycles. The Hall–Kier alpha value is -1.41. The molecule has 136 valence electrons. The minimum absolute atomic E-state index is 0. The third-order valence-electron chi connectivity index (χ3n) is 3.98. The molecule has 25 heavy (non-hydrogen) atoms. The minimum Gasteiger partial charge on any atom is -0.497 e. The molecule has 0 aromatic heterocycles. The SMILES string of the molecule is COc1ccc(COC(=O)C2=C(CCl)CN3C(=O)C(N)[C@@H]3S2)cc1.Cl. The second-order valence-electron chi connectivity index (χ2n) is 5.49. The molecule has 2 aliphatic heterocycles. The molecule has 2 atom stereocenters. The van der Waals surface area contributed by atoms with E-state index in [1.165, 1.54) is 11.8 Å². The highest BCUT2D eigenvalue weighted by Gasteiger charge is 2.49. The summed E-state index contributed by atoms with van der Waals surface area (Å²) >= 11 is 7.18. The van der Waals surface area contributed by atoms with Gasteiger partial charge in [-0.15, -0.1) is 24.0 Å². The van der Waals surface area contributed by atoms with Crippen LogP contribution in [0.3, 0.4) is 0 Å². The Balaban J connectivity index is 0.00000225. The number of ether oxygens (including phenoxy) is 2. The number of benzene rings is 1. The number of esters is 1. The summed E-state index contributed by atoms with van der Waals surface area (Å²) in [5.74, 6) is 0.369. The zero-order valence-corrected chi connectivity index (χ0v) is 15.8. The molecule has 0 aliphatic carbocycles. The van der Waals surface area contributed by atoms with Crippen molar-refractivity contribution in [1.29, 1.82) is 0 Å². The first-order valence-corrected chi connectivity index (χ1v) is 8.77. The number of carbonyl (C=O) groups excluding carboxylic acids is 2. The van der Waals surface area contributed by atoms with Crippen LogP contribution in [-0.2, 0) is 20.9 Å². The molecule has 6 nitrogen and oxygen atoms in total. The van der Waals surface area contributed by atoms with Crippen molar-refractivity contribution >= 4 is 47.6 Å². The van der Waals surface area contributed by atoms with E-state index in [4.69, 9.17) is 26.8 Å². The number of alkyl halides is 1. The molecular weight excluding hydrogens is 387 g/mol. The number of halogens is 2. The Kier molecular flexibility index (Phi) is 6.62. The van der Waals surface area contributed by atoms with Crippen LogP contribution < -0.4 is 10.5 Å². The zero-order chi connectivity index (χ0) is 17.3. The molecule has 1 fully saturated rings. The fourth-order valence-corrected chi connectivity index (χ4v) is 4.13. The van der Waals surface area contributed by atoms with Crippen molar-refractivity contribution < 1.29 is 19.1 Å². The fraction of sp³-hybridized carbons (Fsp3) is 0.375. The van der Waals surface area contributed by atoms with Crippen molar-refractivity contribution in [2.45, 2.75) is 18.0 Å². The second-order valence-corrected chi connectivity index (χ2v) is 6.89. The predicted octanol–water partition coefficient (Wildman–Crippen LogP) is 1.90. The van der Waals surface area contributed by atoms with E-state index < -0.39 is 12.0 Å². The summed E-state index contributed by atoms with van der Waals surface area (Å²) < 4.78 is 10.5. The van der Waals surface area contributed by atoms with Crippen LogP contribution >= 0.6 is 35.8 Å². The molecule has 0 radical (unpaired) electrons. The highest BCUT2D eigenvalue weighted by atomic mass is 35.5. The maximum atomic E-state index is 12.4. The molecule has 1 unspecified atom stereocenters. The zero-order valence-electron chi connectivity index (χ0n) is 13.4. The average molecular weight is 405 g/mol. The van der Waals surface area contributed by atoms with Gasteiger partial charge in [-0.1, -0.05) is 23.9 Å². The van der Waals surface area contributed by atoms with Gasteiger partial charge in [0.2, 0.25) is 5.91 Å². The smallest absolute Gasteiger partial charge is 0.345 e. The number of rotatable bonds is 5. The Morgan fingerprint density at radius 1 is 1.40 bits per heavy atom. The van der Waals surface area contributed by atoms with Crippen LogP contribution in [0.5, 0.6) is 5.75 Å². The normalized spacial score (nSPS) is 21.9. The lowest BCUT2D eigenvalue weighted by Gasteiger charge is -2.48. The van der Waals surface area contributed by atoms with Crippen molar-refractivity contribution in [3.05, 3.63) is 40.3 Å². The van der Waals surface area contributed by atoms with Crippen LogP contribution in [0.15, 0.2) is 34.7 Å². The Morgan fingerprint density at radius 2 is 2.08 bits per heavy atom. The van der Waals surface area contributed by atoms with Gasteiger partial charge in [0.05, 0.1) is 12.0 Å². The lowest BCUT2D eigenvalue weighted by atomic mass is 10.1. The van der Waals surface area contributed by atoms with Crippen LogP contribution in [0.4, 0.5) is 0 Å². The van der Waals surface area contributed by atoms with Gasteiger partial charge in [-0.3, -0.25) is 4.79 Å². The maximum Gasteiger partial charge on any atom is 0.345 e. The first-order chi connectivity index (χ1) is 11.5. The predicted molar refractivity (Wildman–Crippen MR) is 98.9 cm³/mol. The van der Waals surface area contributed by atoms with Gasteiger partial charge in [0.15, 0.2) is 0 Å². The van der Waals surface area contributed by atoms with Gasteiger partial charge in [0.25, 0.3) is 0 Å². The molecule has 2 N–H and O–H groups in total. The van der Waals surface area contributed by atoms with E-state index in [1.807, 2.05) is 12.1 Å². The lowest BCUT2D eigenvalue weighted by molar-refractivity contribution is -0.144. The van der Waals surface area contributed by atoms with Gasteiger partial charge in [0.1, 0.15) is 23.8 Å². The Morgan fingerprint density at radius 3 is 2.68 bits per heavy atom. The highest BCUT2D eigenvalue weighted by Crippen LogP contribution is 2.41. The molecule has 9 heteroatoms. The van der Waals surface area contributed by atoms with Gasteiger partial charge in [0, 0.05) is 12.4 Å². The van der Waals surface area contributed by atoms with Crippen LogP contribution in [0.1, 0.15) is 5.56 Å². The number of hydrogen-bond donors (Lipinski definition) is 1. The molecule has 1 aromatic rings. The summed E-state index contributed by atoms with van der Waals surface area (Å²) in [6.07, 6.45) is 0. The summed E-state index contributed by atoms with van der Waals surface area (Å²) in [7, 11) is 1.59. The minimum atomic E-state index is -0.573. The van der Waals surface area contributed by atoms with Gasteiger partial charge < -0.3 is 20.1 Å². The third kappa shape index (κ3) is 3.89. The Labute approximate surface area is 161 Å². The quantitative estimate of drug-likeness (QED) is 0.458. The topological polar surface area (TPSA) is 81.9 Å². The van der Waals surface area contributed by atoms with E-state index in [0.29, 0.717) is 17.0 Å². The van der Waals surface area contributed by atoms with Gasteiger partial charge in [-0.05, 0) is 23.3 Å². The third-order valence-corrected chi connectivity index (χ3v) is 5.78. The van der Waals surface area contributed by atoms with Crippen molar-refractivity contribution in [3.63, 3.8) is 0 Å². The maximum absolute atomic E-state index is 12.4. The van der Waals surface area contributed by atoms with E-state index in [1.54, 1.807) is 24.1 Å². The largest absolute Gasteiger partial charge is 0.497 e.